The third-order valence-electron chi connectivity index (χ3n) is 5.34. The van der Waals surface area contributed by atoms with E-state index in [0.717, 1.165) is 11.8 Å². The summed E-state index contributed by atoms with van der Waals surface area (Å²) in [6, 6.07) is 10.9. The number of carbonyl (C=O) groups is 3. The highest BCUT2D eigenvalue weighted by Crippen LogP contribution is 2.27. The van der Waals surface area contributed by atoms with Crippen LogP contribution in [0.2, 0.25) is 0 Å². The van der Waals surface area contributed by atoms with Gasteiger partial charge >= 0.3 is 0 Å². The van der Waals surface area contributed by atoms with Gasteiger partial charge in [0.05, 0.1) is 17.2 Å². The van der Waals surface area contributed by atoms with Crippen LogP contribution in [0.4, 0.5) is 16.6 Å². The second kappa shape index (κ2) is 10.0. The van der Waals surface area contributed by atoms with Gasteiger partial charge in [-0.1, -0.05) is 18.2 Å². The number of nitrogens with one attached hydrogen (secondary N) is 1. The summed E-state index contributed by atoms with van der Waals surface area (Å²) in [7, 11) is 1.80. The highest BCUT2D eigenvalue weighted by molar-refractivity contribution is 8.18. The maximum atomic E-state index is 12.7. The van der Waals surface area contributed by atoms with E-state index in [1.807, 2.05) is 28.0 Å². The SMILES string of the molecule is CN(CCO)c1cc(/C=C2/SC(=O)NC2=O)nc(N2CCN(C(=O)c3ccccc3)CC2)n1. The van der Waals surface area contributed by atoms with E-state index in [9.17, 15) is 19.5 Å². The van der Waals surface area contributed by atoms with Crippen LogP contribution in [0.1, 0.15) is 16.1 Å². The van der Waals surface area contributed by atoms with Gasteiger partial charge in [-0.3, -0.25) is 19.7 Å². The van der Waals surface area contributed by atoms with Crippen LogP contribution in [0.3, 0.4) is 0 Å². The van der Waals surface area contributed by atoms with Crippen molar-refractivity contribution in [2.75, 3.05) is 56.2 Å². The molecule has 1 aromatic heterocycles. The van der Waals surface area contributed by atoms with Crippen molar-refractivity contribution in [1.82, 2.24) is 20.2 Å². The Morgan fingerprint density at radius 1 is 1.18 bits per heavy atom. The average molecular weight is 469 g/mol. The Balaban J connectivity index is 1.55. The van der Waals surface area contributed by atoms with Crippen LogP contribution in [0.15, 0.2) is 41.3 Å². The van der Waals surface area contributed by atoms with Gasteiger partial charge in [-0.05, 0) is 30.0 Å². The van der Waals surface area contributed by atoms with E-state index >= 15 is 0 Å². The van der Waals surface area contributed by atoms with Gasteiger partial charge in [0.2, 0.25) is 5.95 Å². The van der Waals surface area contributed by atoms with Crippen molar-refractivity contribution in [3.63, 3.8) is 0 Å². The Morgan fingerprint density at radius 2 is 1.91 bits per heavy atom. The first kappa shape index (κ1) is 22.7. The molecular formula is C22H24N6O4S. The van der Waals surface area contributed by atoms with Gasteiger partial charge in [0, 0.05) is 51.4 Å². The van der Waals surface area contributed by atoms with Crippen molar-refractivity contribution >= 4 is 46.7 Å². The minimum Gasteiger partial charge on any atom is -0.395 e. The molecule has 2 fully saturated rings. The fraction of sp³-hybridized carbons (Fsp3) is 0.318. The first-order chi connectivity index (χ1) is 15.9. The number of rotatable bonds is 6. The number of imide groups is 1. The Hall–Kier alpha value is -3.44. The van der Waals surface area contributed by atoms with Crippen LogP contribution in [0, 0.1) is 0 Å². The van der Waals surface area contributed by atoms with Crippen molar-refractivity contribution in [3.05, 3.63) is 52.6 Å². The number of carbonyl (C=O) groups excluding carboxylic acids is 3. The van der Waals surface area contributed by atoms with Crippen LogP contribution in [-0.2, 0) is 4.79 Å². The summed E-state index contributed by atoms with van der Waals surface area (Å²) in [6.45, 7) is 2.48. The van der Waals surface area contributed by atoms with E-state index in [2.05, 4.69) is 15.3 Å². The second-order valence-electron chi connectivity index (χ2n) is 7.59. The van der Waals surface area contributed by atoms with Crippen LogP contribution < -0.4 is 15.1 Å². The van der Waals surface area contributed by atoms with Gasteiger partial charge in [0.25, 0.3) is 17.1 Å². The fourth-order valence-electron chi connectivity index (χ4n) is 3.54. The van der Waals surface area contributed by atoms with E-state index in [0.29, 0.717) is 55.7 Å². The predicted molar refractivity (Wildman–Crippen MR) is 126 cm³/mol. The van der Waals surface area contributed by atoms with Crippen molar-refractivity contribution in [2.24, 2.45) is 0 Å². The summed E-state index contributed by atoms with van der Waals surface area (Å²) in [5, 5.41) is 11.1. The van der Waals surface area contributed by atoms with Gasteiger partial charge in [-0.15, -0.1) is 0 Å². The third-order valence-corrected chi connectivity index (χ3v) is 6.15. The number of hydrogen-bond donors (Lipinski definition) is 2. The van der Waals surface area contributed by atoms with E-state index < -0.39 is 11.1 Å². The molecular weight excluding hydrogens is 444 g/mol. The second-order valence-corrected chi connectivity index (χ2v) is 8.61. The van der Waals surface area contributed by atoms with Crippen molar-refractivity contribution in [3.8, 4) is 0 Å². The van der Waals surface area contributed by atoms with Gasteiger partial charge in [-0.2, -0.15) is 4.98 Å². The molecule has 172 valence electrons. The topological polar surface area (TPSA) is 119 Å². The summed E-state index contributed by atoms with van der Waals surface area (Å²) in [5.41, 5.74) is 1.14. The summed E-state index contributed by atoms with van der Waals surface area (Å²) in [6.07, 6.45) is 1.56. The molecule has 3 amide bonds. The zero-order chi connectivity index (χ0) is 23.4. The number of piperazine rings is 1. The molecule has 2 aliphatic heterocycles. The molecule has 0 bridgehead atoms. The number of aliphatic hydroxyl groups excluding tert-OH is 1. The number of thioether (sulfide) groups is 1. The van der Waals surface area contributed by atoms with Crippen molar-refractivity contribution in [2.45, 2.75) is 0 Å². The lowest BCUT2D eigenvalue weighted by Gasteiger charge is -2.35. The average Bonchev–Trinajstić information content (AvgIpc) is 3.15. The first-order valence-corrected chi connectivity index (χ1v) is 11.3. The Bertz CT molecular complexity index is 1090. The molecule has 0 radical (unpaired) electrons. The summed E-state index contributed by atoms with van der Waals surface area (Å²) in [4.78, 5) is 51.3. The van der Waals surface area contributed by atoms with E-state index in [-0.39, 0.29) is 17.4 Å². The minimum atomic E-state index is -0.455. The number of likely N-dealkylation sites (N-methyl/N-ethyl adjacent to an activating group) is 1. The van der Waals surface area contributed by atoms with E-state index in [4.69, 9.17) is 0 Å². The highest BCUT2D eigenvalue weighted by atomic mass is 32.2. The van der Waals surface area contributed by atoms with E-state index in [1.54, 1.807) is 36.2 Å². The Morgan fingerprint density at radius 3 is 2.55 bits per heavy atom. The quantitative estimate of drug-likeness (QED) is 0.603. The van der Waals surface area contributed by atoms with Gasteiger partial charge in [-0.25, -0.2) is 4.98 Å². The van der Waals surface area contributed by atoms with Gasteiger partial charge in [0.15, 0.2) is 0 Å². The van der Waals surface area contributed by atoms with Crippen molar-refractivity contribution in [1.29, 1.82) is 0 Å². The molecule has 0 unspecified atom stereocenters. The molecule has 11 heteroatoms. The first-order valence-electron chi connectivity index (χ1n) is 10.5. The molecule has 2 saturated heterocycles. The molecule has 2 aliphatic rings. The molecule has 0 spiro atoms. The normalized spacial score (nSPS) is 17.5. The molecule has 0 atom stereocenters. The molecule has 2 N–H and O–H groups in total. The molecule has 10 nitrogen and oxygen atoms in total. The summed E-state index contributed by atoms with van der Waals surface area (Å²) >= 11 is 0.826. The number of amides is 3. The smallest absolute Gasteiger partial charge is 0.290 e. The number of anilines is 2. The predicted octanol–water partition coefficient (Wildman–Crippen LogP) is 1.19. The molecule has 0 saturated carbocycles. The monoisotopic (exact) mass is 468 g/mol. The van der Waals surface area contributed by atoms with Crippen LogP contribution in [0.5, 0.6) is 0 Å². The van der Waals surface area contributed by atoms with Crippen LogP contribution >= 0.6 is 11.8 Å². The number of aromatic nitrogens is 2. The van der Waals surface area contributed by atoms with Gasteiger partial charge < -0.3 is 19.8 Å². The third kappa shape index (κ3) is 5.32. The van der Waals surface area contributed by atoms with E-state index in [1.165, 1.54) is 0 Å². The lowest BCUT2D eigenvalue weighted by atomic mass is 10.2. The molecule has 0 aliphatic carbocycles. The Labute approximate surface area is 195 Å². The highest BCUT2D eigenvalue weighted by Gasteiger charge is 2.27. The zero-order valence-electron chi connectivity index (χ0n) is 18.1. The molecule has 1 aromatic carbocycles. The number of nitrogens with zero attached hydrogens (tertiary/aromatic N) is 5. The maximum Gasteiger partial charge on any atom is 0.290 e. The molecule has 3 heterocycles. The minimum absolute atomic E-state index is 0.00745. The largest absolute Gasteiger partial charge is 0.395 e. The standard InChI is InChI=1S/C22H24N6O4S/c1-26(11-12-29)18-14-16(13-17-19(30)25-22(32)33-17)23-21(24-18)28-9-7-27(8-10-28)20(31)15-5-3-2-4-6-15/h2-6,13-14,29H,7-12H2,1H3,(H,25,30,32)/b17-13+. The van der Waals surface area contributed by atoms with Crippen LogP contribution in [-0.4, -0.2) is 83.4 Å². The number of benzene rings is 1. The Kier molecular flexibility index (Phi) is 6.90. The van der Waals surface area contributed by atoms with Crippen LogP contribution in [0.25, 0.3) is 6.08 Å². The maximum absolute atomic E-state index is 12.7. The molecule has 33 heavy (non-hydrogen) atoms. The lowest BCUT2D eigenvalue weighted by molar-refractivity contribution is -0.115. The lowest BCUT2D eigenvalue weighted by Crippen LogP contribution is -2.49. The summed E-state index contributed by atoms with van der Waals surface area (Å²) in [5.74, 6) is 0.583. The van der Waals surface area contributed by atoms with Gasteiger partial charge in [0.1, 0.15) is 5.82 Å². The zero-order valence-corrected chi connectivity index (χ0v) is 18.9. The number of hydrogen-bond acceptors (Lipinski definition) is 9. The summed E-state index contributed by atoms with van der Waals surface area (Å²) < 4.78 is 0. The van der Waals surface area contributed by atoms with Crippen molar-refractivity contribution < 1.29 is 19.5 Å². The number of aliphatic hydroxyl groups is 1. The molecule has 4 rings (SSSR count). The fourth-order valence-corrected chi connectivity index (χ4v) is 4.21. The molecule has 2 aromatic rings.